The Bertz CT molecular complexity index is 951. The van der Waals surface area contributed by atoms with Gasteiger partial charge in [0.05, 0.1) is 7.11 Å². The number of methoxy groups -OCH3 is 1. The second-order valence-electron chi connectivity index (χ2n) is 6.19. The molecule has 0 fully saturated rings. The standard InChI is InChI=1S/C20H18ClNO4/c1-24-20(23)17-7-14-18-13(9-21)10-22-15(18)8-16(19(14)26-17)25-11-12-5-3-2-4-6-12/h2-8,13,22H,9-11H2,1H3/t13-/m1/s1. The van der Waals surface area contributed by atoms with E-state index in [0.29, 0.717) is 23.8 Å². The minimum atomic E-state index is -0.516. The number of hydrogen-bond donors (Lipinski definition) is 1. The number of carbonyl (C=O) groups excluding carboxylic acids is 1. The van der Waals surface area contributed by atoms with Gasteiger partial charge < -0.3 is 19.2 Å². The summed E-state index contributed by atoms with van der Waals surface area (Å²) >= 11 is 6.12. The van der Waals surface area contributed by atoms with Crippen LogP contribution < -0.4 is 10.1 Å². The van der Waals surface area contributed by atoms with Gasteiger partial charge in [0.2, 0.25) is 5.76 Å². The first-order valence-corrected chi connectivity index (χ1v) is 8.90. The fraction of sp³-hybridized carbons (Fsp3) is 0.250. The van der Waals surface area contributed by atoms with Crippen LogP contribution in [0.5, 0.6) is 5.75 Å². The number of carbonyl (C=O) groups is 1. The first kappa shape index (κ1) is 16.8. The SMILES string of the molecule is COC(=O)c1cc2c3c(cc(OCc4ccccc4)c2o1)NC[C@H]3CCl. The van der Waals surface area contributed by atoms with Crippen molar-refractivity contribution in [1.82, 2.24) is 0 Å². The Labute approximate surface area is 155 Å². The van der Waals surface area contributed by atoms with Crippen LogP contribution in [-0.4, -0.2) is 25.5 Å². The predicted octanol–water partition coefficient (Wildman–Crippen LogP) is 4.55. The summed E-state index contributed by atoms with van der Waals surface area (Å²) in [4.78, 5) is 11.9. The Morgan fingerprint density at radius 1 is 1.31 bits per heavy atom. The molecule has 0 unspecified atom stereocenters. The summed E-state index contributed by atoms with van der Waals surface area (Å²) in [6.45, 7) is 1.15. The third-order valence-corrected chi connectivity index (χ3v) is 4.94. The topological polar surface area (TPSA) is 60.7 Å². The van der Waals surface area contributed by atoms with E-state index in [1.807, 2.05) is 36.4 Å². The van der Waals surface area contributed by atoms with Crippen LogP contribution in [0.15, 0.2) is 46.9 Å². The molecule has 0 spiro atoms. The molecule has 1 aliphatic heterocycles. The lowest BCUT2D eigenvalue weighted by molar-refractivity contribution is 0.0567. The van der Waals surface area contributed by atoms with Gasteiger partial charge in [-0.15, -0.1) is 11.6 Å². The highest BCUT2D eigenvalue weighted by atomic mass is 35.5. The lowest BCUT2D eigenvalue weighted by Gasteiger charge is -2.11. The number of benzene rings is 2. The minimum absolute atomic E-state index is 0.153. The van der Waals surface area contributed by atoms with Crippen molar-refractivity contribution < 1.29 is 18.7 Å². The van der Waals surface area contributed by atoms with E-state index in [2.05, 4.69) is 5.32 Å². The van der Waals surface area contributed by atoms with Crippen molar-refractivity contribution in [2.45, 2.75) is 12.5 Å². The highest BCUT2D eigenvalue weighted by Gasteiger charge is 2.29. The maximum Gasteiger partial charge on any atom is 0.373 e. The fourth-order valence-electron chi connectivity index (χ4n) is 3.29. The summed E-state index contributed by atoms with van der Waals surface area (Å²) in [7, 11) is 1.33. The Hall–Kier alpha value is -2.66. The van der Waals surface area contributed by atoms with E-state index in [1.54, 1.807) is 6.07 Å². The zero-order valence-electron chi connectivity index (χ0n) is 14.3. The van der Waals surface area contributed by atoms with Crippen LogP contribution in [0.1, 0.15) is 27.6 Å². The smallest absolute Gasteiger partial charge is 0.373 e. The van der Waals surface area contributed by atoms with Crippen LogP contribution >= 0.6 is 11.6 Å². The molecule has 134 valence electrons. The largest absolute Gasteiger partial charge is 0.485 e. The Balaban J connectivity index is 1.78. The van der Waals surface area contributed by atoms with Crippen molar-refractivity contribution in [2.24, 2.45) is 0 Å². The minimum Gasteiger partial charge on any atom is -0.485 e. The van der Waals surface area contributed by atoms with Gasteiger partial charge in [-0.25, -0.2) is 4.79 Å². The van der Waals surface area contributed by atoms with Gasteiger partial charge in [-0.05, 0) is 17.2 Å². The summed E-state index contributed by atoms with van der Waals surface area (Å²) in [5.74, 6) is 0.858. The van der Waals surface area contributed by atoms with Crippen molar-refractivity contribution in [3.05, 3.63) is 59.4 Å². The van der Waals surface area contributed by atoms with Crippen LogP contribution in [-0.2, 0) is 11.3 Å². The molecule has 5 nitrogen and oxygen atoms in total. The molecule has 0 aliphatic carbocycles. The average Bonchev–Trinajstić information content (AvgIpc) is 3.30. The van der Waals surface area contributed by atoms with Crippen molar-refractivity contribution in [2.75, 3.05) is 24.9 Å². The zero-order chi connectivity index (χ0) is 18.1. The van der Waals surface area contributed by atoms with E-state index in [0.717, 1.165) is 28.7 Å². The second-order valence-corrected chi connectivity index (χ2v) is 6.50. The number of nitrogens with one attached hydrogen (secondary N) is 1. The maximum atomic E-state index is 11.9. The summed E-state index contributed by atoms with van der Waals surface area (Å²) in [5.41, 5.74) is 3.61. The number of rotatable bonds is 5. The number of hydrogen-bond acceptors (Lipinski definition) is 5. The van der Waals surface area contributed by atoms with Crippen LogP contribution in [0.3, 0.4) is 0 Å². The van der Waals surface area contributed by atoms with Crippen LogP contribution in [0.25, 0.3) is 11.0 Å². The molecule has 3 aromatic rings. The number of esters is 1. The molecule has 0 bridgehead atoms. The molecule has 4 rings (SSSR count). The second kappa shape index (κ2) is 6.92. The van der Waals surface area contributed by atoms with Gasteiger partial charge in [0.15, 0.2) is 11.3 Å². The average molecular weight is 372 g/mol. The van der Waals surface area contributed by atoms with Gasteiger partial charge in [-0.2, -0.15) is 0 Å². The van der Waals surface area contributed by atoms with Crippen molar-refractivity contribution in [3.8, 4) is 5.75 Å². The van der Waals surface area contributed by atoms with Crippen molar-refractivity contribution in [1.29, 1.82) is 0 Å². The van der Waals surface area contributed by atoms with Crippen molar-refractivity contribution >= 4 is 34.2 Å². The fourth-order valence-corrected chi connectivity index (χ4v) is 3.55. The monoisotopic (exact) mass is 371 g/mol. The number of anilines is 1. The summed E-state index contributed by atoms with van der Waals surface area (Å²) in [5, 5.41) is 4.20. The molecule has 1 aliphatic rings. The van der Waals surface area contributed by atoms with Crippen molar-refractivity contribution in [3.63, 3.8) is 0 Å². The van der Waals surface area contributed by atoms with Gasteiger partial charge in [0, 0.05) is 35.5 Å². The first-order chi connectivity index (χ1) is 12.7. The number of ether oxygens (including phenoxy) is 2. The molecule has 2 aromatic carbocycles. The van der Waals surface area contributed by atoms with Gasteiger partial charge in [-0.3, -0.25) is 0 Å². The zero-order valence-corrected chi connectivity index (χ0v) is 15.0. The molecule has 1 N–H and O–H groups in total. The number of alkyl halides is 1. The van der Waals surface area contributed by atoms with Gasteiger partial charge in [0.1, 0.15) is 6.61 Å². The molecule has 0 saturated carbocycles. The number of furan rings is 1. The van der Waals surface area contributed by atoms with E-state index >= 15 is 0 Å². The molecule has 26 heavy (non-hydrogen) atoms. The number of fused-ring (bicyclic) bond motifs is 3. The lowest BCUT2D eigenvalue weighted by atomic mass is 9.99. The Morgan fingerprint density at radius 3 is 2.85 bits per heavy atom. The molecular weight excluding hydrogens is 354 g/mol. The summed E-state index contributed by atoms with van der Waals surface area (Å²) in [6.07, 6.45) is 0. The Morgan fingerprint density at radius 2 is 2.12 bits per heavy atom. The van der Waals surface area contributed by atoms with Crippen LogP contribution in [0.4, 0.5) is 5.69 Å². The highest BCUT2D eigenvalue weighted by Crippen LogP contribution is 2.44. The molecule has 1 atom stereocenters. The molecule has 0 radical (unpaired) electrons. The summed E-state index contributed by atoms with van der Waals surface area (Å²) < 4.78 is 16.6. The van der Waals surface area contributed by atoms with Gasteiger partial charge >= 0.3 is 5.97 Å². The van der Waals surface area contributed by atoms with E-state index in [9.17, 15) is 4.79 Å². The molecule has 6 heteroatoms. The van der Waals surface area contributed by atoms with Gasteiger partial charge in [0.25, 0.3) is 0 Å². The first-order valence-electron chi connectivity index (χ1n) is 8.36. The lowest BCUT2D eigenvalue weighted by Crippen LogP contribution is -2.02. The van der Waals surface area contributed by atoms with Crippen LogP contribution in [0, 0.1) is 0 Å². The highest BCUT2D eigenvalue weighted by molar-refractivity contribution is 6.18. The van der Waals surface area contributed by atoms with Crippen LogP contribution in [0.2, 0.25) is 0 Å². The molecule has 1 aromatic heterocycles. The number of halogens is 1. The molecule has 0 saturated heterocycles. The van der Waals surface area contributed by atoms with E-state index in [-0.39, 0.29) is 11.7 Å². The van der Waals surface area contributed by atoms with Gasteiger partial charge in [-0.1, -0.05) is 30.3 Å². The predicted molar refractivity (Wildman–Crippen MR) is 100 cm³/mol. The third kappa shape index (κ3) is 2.88. The third-order valence-electron chi connectivity index (χ3n) is 4.57. The normalized spacial score (nSPS) is 15.5. The molecular formula is C20H18ClNO4. The maximum absolute atomic E-state index is 11.9. The molecule has 0 amide bonds. The quantitative estimate of drug-likeness (QED) is 0.526. The van der Waals surface area contributed by atoms with E-state index < -0.39 is 5.97 Å². The van der Waals surface area contributed by atoms with E-state index in [1.165, 1.54) is 7.11 Å². The summed E-state index contributed by atoms with van der Waals surface area (Å²) in [6, 6.07) is 13.5. The molecule has 2 heterocycles. The van der Waals surface area contributed by atoms with E-state index in [4.69, 9.17) is 25.5 Å². The Kier molecular flexibility index (Phi) is 4.47.